The number of aromatic amines is 1. The van der Waals surface area contributed by atoms with Crippen LogP contribution in [-0.4, -0.2) is 45.8 Å². The van der Waals surface area contributed by atoms with Gasteiger partial charge in [0.25, 0.3) is 0 Å². The quantitative estimate of drug-likeness (QED) is 0.416. The number of carbonyl (C=O) groups is 1. The highest BCUT2D eigenvalue weighted by Gasteiger charge is 2.18. The lowest BCUT2D eigenvalue weighted by Gasteiger charge is -2.15. The van der Waals surface area contributed by atoms with Crippen molar-refractivity contribution in [3.63, 3.8) is 0 Å². The Hall–Kier alpha value is -3.01. The topological polar surface area (TPSA) is 142 Å². The Labute approximate surface area is 153 Å². The Morgan fingerprint density at radius 3 is 2.77 bits per heavy atom. The lowest BCUT2D eigenvalue weighted by atomic mass is 10.0. The SMILES string of the molecule is COc1ccc(C(N)=O)c(CCSc2nc(N)nc3nc[nH]c23)c1OC. The van der Waals surface area contributed by atoms with E-state index in [0.29, 0.717) is 45.5 Å². The molecule has 3 rings (SSSR count). The van der Waals surface area contributed by atoms with Crippen molar-refractivity contribution in [2.24, 2.45) is 5.73 Å². The van der Waals surface area contributed by atoms with Gasteiger partial charge in [-0.05, 0) is 18.6 Å². The molecule has 0 radical (unpaired) electrons. The molecule has 26 heavy (non-hydrogen) atoms. The second kappa shape index (κ2) is 7.48. The predicted molar refractivity (Wildman–Crippen MR) is 98.6 cm³/mol. The molecule has 2 heterocycles. The first kappa shape index (κ1) is 17.8. The Kier molecular flexibility index (Phi) is 5.12. The Morgan fingerprint density at radius 2 is 2.08 bits per heavy atom. The van der Waals surface area contributed by atoms with Crippen LogP contribution in [0.15, 0.2) is 23.5 Å². The molecule has 9 nitrogen and oxygen atoms in total. The summed E-state index contributed by atoms with van der Waals surface area (Å²) in [6.07, 6.45) is 2.06. The van der Waals surface area contributed by atoms with Crippen LogP contribution < -0.4 is 20.9 Å². The largest absolute Gasteiger partial charge is 0.493 e. The molecular formula is C16H18N6O3S. The normalized spacial score (nSPS) is 10.8. The molecule has 0 saturated heterocycles. The number of hydrogen-bond donors (Lipinski definition) is 3. The van der Waals surface area contributed by atoms with Crippen molar-refractivity contribution < 1.29 is 14.3 Å². The maximum atomic E-state index is 11.8. The molecule has 2 aromatic heterocycles. The van der Waals surface area contributed by atoms with Gasteiger partial charge < -0.3 is 25.9 Å². The van der Waals surface area contributed by atoms with Gasteiger partial charge in [-0.25, -0.2) is 9.97 Å². The van der Waals surface area contributed by atoms with Crippen molar-refractivity contribution in [1.29, 1.82) is 0 Å². The van der Waals surface area contributed by atoms with E-state index in [4.69, 9.17) is 20.9 Å². The summed E-state index contributed by atoms with van der Waals surface area (Å²) in [6.45, 7) is 0. The Balaban J connectivity index is 1.87. The second-order valence-electron chi connectivity index (χ2n) is 5.28. The van der Waals surface area contributed by atoms with Crippen molar-refractivity contribution in [2.45, 2.75) is 11.4 Å². The monoisotopic (exact) mass is 374 g/mol. The lowest BCUT2D eigenvalue weighted by molar-refractivity contribution is 0.0999. The first-order valence-corrected chi connectivity index (χ1v) is 8.66. The molecule has 0 aliphatic carbocycles. The van der Waals surface area contributed by atoms with E-state index in [0.717, 1.165) is 5.52 Å². The van der Waals surface area contributed by atoms with E-state index in [2.05, 4.69) is 19.9 Å². The number of fused-ring (bicyclic) bond motifs is 1. The predicted octanol–water partition coefficient (Wildman–Crippen LogP) is 1.39. The molecule has 136 valence electrons. The fraction of sp³-hybridized carbons (Fsp3) is 0.250. The van der Waals surface area contributed by atoms with E-state index < -0.39 is 5.91 Å². The minimum atomic E-state index is -0.520. The van der Waals surface area contributed by atoms with Crippen LogP contribution in [0.3, 0.4) is 0 Å². The molecule has 5 N–H and O–H groups in total. The molecule has 0 saturated carbocycles. The average Bonchev–Trinajstić information content (AvgIpc) is 3.09. The number of H-pyrrole nitrogens is 1. The van der Waals surface area contributed by atoms with E-state index in [1.807, 2.05) is 0 Å². The number of primary amides is 1. The van der Waals surface area contributed by atoms with Crippen LogP contribution in [0.5, 0.6) is 11.5 Å². The van der Waals surface area contributed by atoms with Gasteiger partial charge in [0.1, 0.15) is 10.5 Å². The molecule has 0 aliphatic rings. The van der Waals surface area contributed by atoms with Gasteiger partial charge in [0, 0.05) is 16.9 Å². The molecule has 10 heteroatoms. The number of aromatic nitrogens is 4. The number of nitrogens with zero attached hydrogens (tertiary/aromatic N) is 3. The summed E-state index contributed by atoms with van der Waals surface area (Å²) in [4.78, 5) is 27.2. The number of hydrogen-bond acceptors (Lipinski definition) is 8. The molecule has 0 bridgehead atoms. The van der Waals surface area contributed by atoms with Crippen LogP contribution in [-0.2, 0) is 6.42 Å². The van der Waals surface area contributed by atoms with Gasteiger partial charge in [0.05, 0.1) is 20.5 Å². The molecular weight excluding hydrogens is 356 g/mol. The summed E-state index contributed by atoms with van der Waals surface area (Å²) in [5.41, 5.74) is 13.5. The number of methoxy groups -OCH3 is 2. The number of ether oxygens (including phenoxy) is 2. The minimum absolute atomic E-state index is 0.156. The van der Waals surface area contributed by atoms with Gasteiger partial charge in [0.2, 0.25) is 11.9 Å². The second-order valence-corrected chi connectivity index (χ2v) is 6.36. The fourth-order valence-corrected chi connectivity index (χ4v) is 3.60. The van der Waals surface area contributed by atoms with Gasteiger partial charge in [-0.3, -0.25) is 4.79 Å². The van der Waals surface area contributed by atoms with E-state index in [-0.39, 0.29) is 5.95 Å². The molecule has 0 unspecified atom stereocenters. The molecule has 0 spiro atoms. The van der Waals surface area contributed by atoms with Crippen molar-refractivity contribution in [3.8, 4) is 11.5 Å². The first-order valence-electron chi connectivity index (χ1n) is 7.68. The van der Waals surface area contributed by atoms with E-state index in [1.54, 1.807) is 25.6 Å². The number of carbonyl (C=O) groups excluding carboxylic acids is 1. The summed E-state index contributed by atoms with van der Waals surface area (Å²) in [5, 5.41) is 0.687. The zero-order valence-corrected chi connectivity index (χ0v) is 15.1. The van der Waals surface area contributed by atoms with Crippen molar-refractivity contribution >= 4 is 34.8 Å². The van der Waals surface area contributed by atoms with Gasteiger partial charge >= 0.3 is 0 Å². The highest BCUT2D eigenvalue weighted by atomic mass is 32.2. The summed E-state index contributed by atoms with van der Waals surface area (Å²) in [5.74, 6) is 1.28. The lowest BCUT2D eigenvalue weighted by Crippen LogP contribution is -2.15. The van der Waals surface area contributed by atoms with Crippen molar-refractivity contribution in [3.05, 3.63) is 29.6 Å². The van der Waals surface area contributed by atoms with Crippen molar-refractivity contribution in [2.75, 3.05) is 25.7 Å². The highest BCUT2D eigenvalue weighted by Crippen LogP contribution is 2.35. The number of thioether (sulfide) groups is 1. The minimum Gasteiger partial charge on any atom is -0.493 e. The maximum absolute atomic E-state index is 11.8. The van der Waals surface area contributed by atoms with Crippen LogP contribution in [0.4, 0.5) is 5.95 Å². The molecule has 3 aromatic rings. The number of benzene rings is 1. The Morgan fingerprint density at radius 1 is 1.27 bits per heavy atom. The number of anilines is 1. The van der Waals surface area contributed by atoms with Gasteiger partial charge in [-0.1, -0.05) is 0 Å². The van der Waals surface area contributed by atoms with E-state index in [9.17, 15) is 4.79 Å². The Bertz CT molecular complexity index is 959. The number of nitrogens with two attached hydrogens (primary N) is 2. The average molecular weight is 374 g/mol. The van der Waals surface area contributed by atoms with Crippen LogP contribution in [0.1, 0.15) is 15.9 Å². The third kappa shape index (κ3) is 3.36. The number of imidazole rings is 1. The smallest absolute Gasteiger partial charge is 0.249 e. The summed E-state index contributed by atoms with van der Waals surface area (Å²) >= 11 is 1.47. The van der Waals surface area contributed by atoms with Gasteiger partial charge in [-0.2, -0.15) is 4.98 Å². The third-order valence-corrected chi connectivity index (χ3v) is 4.75. The molecule has 0 atom stereocenters. The summed E-state index contributed by atoms with van der Waals surface area (Å²) in [6, 6.07) is 3.30. The maximum Gasteiger partial charge on any atom is 0.249 e. The number of nitrogens with one attached hydrogen (secondary N) is 1. The molecule has 0 fully saturated rings. The number of amides is 1. The zero-order chi connectivity index (χ0) is 18.7. The number of nitrogen functional groups attached to an aromatic ring is 1. The van der Waals surface area contributed by atoms with Crippen LogP contribution >= 0.6 is 11.8 Å². The molecule has 1 amide bonds. The van der Waals surface area contributed by atoms with Gasteiger partial charge in [-0.15, -0.1) is 11.8 Å². The van der Waals surface area contributed by atoms with Gasteiger partial charge in [0.15, 0.2) is 17.1 Å². The van der Waals surface area contributed by atoms with E-state index in [1.165, 1.54) is 18.9 Å². The first-order chi connectivity index (χ1) is 12.5. The summed E-state index contributed by atoms with van der Waals surface area (Å²) < 4.78 is 10.7. The van der Waals surface area contributed by atoms with E-state index >= 15 is 0 Å². The third-order valence-electron chi connectivity index (χ3n) is 3.77. The summed E-state index contributed by atoms with van der Waals surface area (Å²) in [7, 11) is 3.07. The highest BCUT2D eigenvalue weighted by molar-refractivity contribution is 7.99. The van der Waals surface area contributed by atoms with Crippen molar-refractivity contribution in [1.82, 2.24) is 19.9 Å². The van der Waals surface area contributed by atoms with Crippen LogP contribution in [0.25, 0.3) is 11.2 Å². The standard InChI is InChI=1S/C16H18N6O3S/c1-24-10-4-3-9(13(17)23)8(12(10)25-2)5-6-26-15-11-14(20-7-19-11)21-16(18)22-15/h3-4,7H,5-6H2,1-2H3,(H2,17,23)(H3,18,19,20,21,22). The molecule has 1 aromatic carbocycles. The molecule has 0 aliphatic heterocycles. The van der Waals surface area contributed by atoms with Crippen LogP contribution in [0, 0.1) is 0 Å². The van der Waals surface area contributed by atoms with Crippen LogP contribution in [0.2, 0.25) is 0 Å². The number of rotatable bonds is 7. The fourth-order valence-electron chi connectivity index (χ4n) is 2.65. The zero-order valence-electron chi connectivity index (χ0n) is 14.3.